The molecule has 3 rings (SSSR count). The number of aryl methyl sites for hydroxylation is 1. The second kappa shape index (κ2) is 10.3. The number of nitrogens with zero attached hydrogens (tertiary/aromatic N) is 1. The number of primary amides is 1. The summed E-state index contributed by atoms with van der Waals surface area (Å²) in [7, 11) is 0. The summed E-state index contributed by atoms with van der Waals surface area (Å²) in [6, 6.07) is 12.0. The van der Waals surface area contributed by atoms with Crippen LogP contribution in [0.1, 0.15) is 36.0 Å². The fraction of sp³-hybridized carbons (Fsp3) is 0.304. The van der Waals surface area contributed by atoms with E-state index in [-0.39, 0.29) is 0 Å². The third-order valence-corrected chi connectivity index (χ3v) is 5.49. The summed E-state index contributed by atoms with van der Waals surface area (Å²) >= 11 is 6.13. The smallest absolute Gasteiger partial charge is 0.370 e. The van der Waals surface area contributed by atoms with Crippen LogP contribution in [0, 0.1) is 12.8 Å². The molecular weight excluding hydrogens is 473 g/mol. The number of fused-ring (bicyclic) bond motifs is 1. The maximum Gasteiger partial charge on any atom is 0.389 e. The number of benzene rings is 2. The van der Waals surface area contributed by atoms with Crippen LogP contribution in [0.5, 0.6) is 0 Å². The number of carbonyl (C=O) groups is 3. The molecular formula is C23H22ClF3N4O3. The summed E-state index contributed by atoms with van der Waals surface area (Å²) in [6.07, 6.45) is -8.52. The number of hydrogen-bond donors (Lipinski definition) is 3. The van der Waals surface area contributed by atoms with E-state index in [1.54, 1.807) is 49.4 Å². The Labute approximate surface area is 198 Å². The van der Waals surface area contributed by atoms with Gasteiger partial charge in [-0.2, -0.15) is 13.2 Å². The number of carbonyl (C=O) groups excluding carboxylic acids is 3. The Morgan fingerprint density at radius 1 is 1.24 bits per heavy atom. The zero-order valence-electron chi connectivity index (χ0n) is 18.1. The normalized spacial score (nSPS) is 16.6. The molecule has 0 bridgehead atoms. The number of hydrogen-bond acceptors (Lipinski definition) is 4. The van der Waals surface area contributed by atoms with Gasteiger partial charge in [0.15, 0.2) is 0 Å². The molecule has 2 unspecified atom stereocenters. The Morgan fingerprint density at radius 3 is 2.59 bits per heavy atom. The Kier molecular flexibility index (Phi) is 7.61. The van der Waals surface area contributed by atoms with Crippen LogP contribution in [0.4, 0.5) is 18.9 Å². The van der Waals surface area contributed by atoms with E-state index in [9.17, 15) is 27.6 Å². The molecule has 1 heterocycles. The summed E-state index contributed by atoms with van der Waals surface area (Å²) in [5, 5.41) is 5.52. The average Bonchev–Trinajstić information content (AvgIpc) is 2.88. The minimum atomic E-state index is -4.52. The van der Waals surface area contributed by atoms with E-state index in [1.807, 2.05) is 0 Å². The number of nitrogens with two attached hydrogens (primary N) is 1. The van der Waals surface area contributed by atoms with Crippen molar-refractivity contribution in [2.45, 2.75) is 38.5 Å². The highest BCUT2D eigenvalue weighted by Gasteiger charge is 2.34. The summed E-state index contributed by atoms with van der Waals surface area (Å²) in [5.74, 6) is -3.92. The lowest BCUT2D eigenvalue weighted by Gasteiger charge is -2.19. The SMILES string of the molecule is Cc1cccc2c1NC(=O)C(NC(=O)C(CCC(F)(F)F)CC(N)=O)N=C2c1cccc(Cl)c1. The zero-order chi connectivity index (χ0) is 25.0. The van der Waals surface area contributed by atoms with Crippen molar-refractivity contribution in [2.24, 2.45) is 16.6 Å². The van der Waals surface area contributed by atoms with Gasteiger partial charge in [-0.15, -0.1) is 0 Å². The first-order valence-corrected chi connectivity index (χ1v) is 10.7. The van der Waals surface area contributed by atoms with Crippen LogP contribution in [0.2, 0.25) is 5.02 Å². The van der Waals surface area contributed by atoms with Gasteiger partial charge in [-0.3, -0.25) is 14.4 Å². The molecule has 0 spiro atoms. The highest BCUT2D eigenvalue weighted by molar-refractivity contribution is 6.31. The van der Waals surface area contributed by atoms with E-state index in [0.29, 0.717) is 27.5 Å². The maximum absolute atomic E-state index is 12.9. The Bertz CT molecular complexity index is 1150. The second-order valence-corrected chi connectivity index (χ2v) is 8.34. The topological polar surface area (TPSA) is 114 Å². The molecule has 11 heteroatoms. The highest BCUT2D eigenvalue weighted by Crippen LogP contribution is 2.29. The third-order valence-electron chi connectivity index (χ3n) is 5.25. The van der Waals surface area contributed by atoms with E-state index in [2.05, 4.69) is 15.6 Å². The van der Waals surface area contributed by atoms with Crippen LogP contribution in [-0.2, 0) is 14.4 Å². The molecule has 0 saturated heterocycles. The molecule has 0 radical (unpaired) electrons. The molecule has 2 aromatic rings. The molecule has 0 saturated carbocycles. The lowest BCUT2D eigenvalue weighted by molar-refractivity contribution is -0.143. The number of anilines is 1. The minimum Gasteiger partial charge on any atom is -0.370 e. The predicted octanol–water partition coefficient (Wildman–Crippen LogP) is 3.71. The molecule has 2 atom stereocenters. The summed E-state index contributed by atoms with van der Waals surface area (Å²) in [4.78, 5) is 41.5. The van der Waals surface area contributed by atoms with Crippen LogP contribution in [0.15, 0.2) is 47.5 Å². The molecule has 1 aliphatic heterocycles. The van der Waals surface area contributed by atoms with Gasteiger partial charge in [-0.05, 0) is 31.0 Å². The number of para-hydroxylation sites is 1. The molecule has 180 valence electrons. The molecule has 1 aliphatic rings. The van der Waals surface area contributed by atoms with Crippen molar-refractivity contribution < 1.29 is 27.6 Å². The monoisotopic (exact) mass is 494 g/mol. The number of amides is 3. The number of nitrogens with one attached hydrogen (secondary N) is 2. The van der Waals surface area contributed by atoms with E-state index in [0.717, 1.165) is 5.56 Å². The van der Waals surface area contributed by atoms with Crippen molar-refractivity contribution in [3.8, 4) is 0 Å². The van der Waals surface area contributed by atoms with Crippen LogP contribution < -0.4 is 16.4 Å². The fourth-order valence-electron chi connectivity index (χ4n) is 3.60. The van der Waals surface area contributed by atoms with Gasteiger partial charge in [0, 0.05) is 34.9 Å². The first-order chi connectivity index (χ1) is 15.9. The van der Waals surface area contributed by atoms with Gasteiger partial charge in [0.1, 0.15) is 0 Å². The number of rotatable bonds is 7. The Balaban J connectivity index is 1.98. The Morgan fingerprint density at radius 2 is 1.94 bits per heavy atom. The van der Waals surface area contributed by atoms with Gasteiger partial charge in [0.05, 0.1) is 11.4 Å². The van der Waals surface area contributed by atoms with E-state index >= 15 is 0 Å². The van der Waals surface area contributed by atoms with Crippen molar-refractivity contribution >= 4 is 40.7 Å². The maximum atomic E-state index is 12.9. The van der Waals surface area contributed by atoms with Gasteiger partial charge < -0.3 is 16.4 Å². The second-order valence-electron chi connectivity index (χ2n) is 7.91. The number of aliphatic imine (C=N–C) groups is 1. The van der Waals surface area contributed by atoms with Gasteiger partial charge in [0.25, 0.3) is 5.91 Å². The zero-order valence-corrected chi connectivity index (χ0v) is 18.8. The van der Waals surface area contributed by atoms with Gasteiger partial charge in [-0.25, -0.2) is 4.99 Å². The molecule has 3 amide bonds. The number of halogens is 4. The van der Waals surface area contributed by atoms with Crippen LogP contribution in [0.25, 0.3) is 0 Å². The largest absolute Gasteiger partial charge is 0.389 e. The quantitative estimate of drug-likeness (QED) is 0.545. The average molecular weight is 495 g/mol. The van der Waals surface area contributed by atoms with Crippen LogP contribution >= 0.6 is 11.6 Å². The summed E-state index contributed by atoms with van der Waals surface area (Å²) in [6.45, 7) is 1.79. The van der Waals surface area contributed by atoms with Gasteiger partial charge in [-0.1, -0.05) is 41.9 Å². The van der Waals surface area contributed by atoms with Crippen molar-refractivity contribution in [3.05, 3.63) is 64.2 Å². The van der Waals surface area contributed by atoms with E-state index in [1.165, 1.54) is 0 Å². The van der Waals surface area contributed by atoms with Crippen molar-refractivity contribution in [2.75, 3.05) is 5.32 Å². The highest BCUT2D eigenvalue weighted by atomic mass is 35.5. The van der Waals surface area contributed by atoms with Crippen molar-refractivity contribution in [1.29, 1.82) is 0 Å². The minimum absolute atomic E-state index is 0.353. The Hall–Kier alpha value is -3.40. The third kappa shape index (κ3) is 6.34. The van der Waals surface area contributed by atoms with E-state index in [4.69, 9.17) is 17.3 Å². The fourth-order valence-corrected chi connectivity index (χ4v) is 3.79. The van der Waals surface area contributed by atoms with E-state index < -0.39 is 55.2 Å². The number of benzodiazepines with no additional fused rings is 1. The molecule has 0 fully saturated rings. The molecule has 0 aliphatic carbocycles. The van der Waals surface area contributed by atoms with Crippen molar-refractivity contribution in [3.63, 3.8) is 0 Å². The summed E-state index contributed by atoms with van der Waals surface area (Å²) < 4.78 is 38.1. The molecule has 0 aromatic heterocycles. The summed E-state index contributed by atoms with van der Waals surface area (Å²) in [5.41, 5.74) is 7.85. The van der Waals surface area contributed by atoms with Crippen LogP contribution in [-0.4, -0.2) is 35.8 Å². The lowest BCUT2D eigenvalue weighted by atomic mass is 9.97. The van der Waals surface area contributed by atoms with Crippen molar-refractivity contribution in [1.82, 2.24) is 5.32 Å². The molecule has 2 aromatic carbocycles. The first kappa shape index (κ1) is 25.2. The predicted molar refractivity (Wildman–Crippen MR) is 121 cm³/mol. The molecule has 4 N–H and O–H groups in total. The standard InChI is InChI=1S/C23H22ClF3N4O3/c1-12-4-2-7-16-18(12)30-22(34)20(29-19(16)13-5-3-6-15(24)10-13)31-21(33)14(11-17(28)32)8-9-23(25,26)27/h2-7,10,14,20H,8-9,11H2,1H3,(H2,28,32)(H,30,34)(H,31,33). The lowest BCUT2D eigenvalue weighted by Crippen LogP contribution is -2.45. The molecule has 34 heavy (non-hydrogen) atoms. The van der Waals surface area contributed by atoms with Gasteiger partial charge >= 0.3 is 6.18 Å². The van der Waals surface area contributed by atoms with Gasteiger partial charge in [0.2, 0.25) is 18.0 Å². The first-order valence-electron chi connectivity index (χ1n) is 10.3. The van der Waals surface area contributed by atoms with Crippen LogP contribution in [0.3, 0.4) is 0 Å². The molecule has 7 nitrogen and oxygen atoms in total. The number of alkyl halides is 3.